The monoisotopic (exact) mass is 268 g/mol. The molecular formula is C13H20N2O2S. The van der Waals surface area contributed by atoms with Crippen molar-refractivity contribution in [1.29, 1.82) is 0 Å². The Bertz CT molecular complexity index is 405. The van der Waals surface area contributed by atoms with Crippen LogP contribution in [0.1, 0.15) is 17.4 Å². The molecule has 5 heteroatoms. The van der Waals surface area contributed by atoms with Gasteiger partial charge in [-0.2, -0.15) is 0 Å². The lowest BCUT2D eigenvalue weighted by molar-refractivity contribution is -0.124. The van der Waals surface area contributed by atoms with Crippen LogP contribution in [0.4, 0.5) is 0 Å². The maximum atomic E-state index is 11.3. The first kappa shape index (κ1) is 13.5. The van der Waals surface area contributed by atoms with Crippen LogP contribution >= 0.6 is 11.3 Å². The van der Waals surface area contributed by atoms with E-state index in [-0.39, 0.29) is 12.5 Å². The van der Waals surface area contributed by atoms with Crippen LogP contribution in [-0.2, 0) is 22.5 Å². The summed E-state index contributed by atoms with van der Waals surface area (Å²) >= 11 is 1.85. The molecule has 1 aromatic rings. The van der Waals surface area contributed by atoms with Gasteiger partial charge >= 0.3 is 0 Å². The number of thiophene rings is 1. The van der Waals surface area contributed by atoms with Crippen LogP contribution < -0.4 is 5.32 Å². The van der Waals surface area contributed by atoms with Gasteiger partial charge in [0, 0.05) is 37.7 Å². The number of carbonyl (C=O) groups excluding carboxylic acids is 1. The van der Waals surface area contributed by atoms with E-state index in [0.717, 1.165) is 19.5 Å². The number of hydrogen-bond acceptors (Lipinski definition) is 4. The van der Waals surface area contributed by atoms with Crippen molar-refractivity contribution >= 4 is 17.2 Å². The number of hydrogen-bond donors (Lipinski definition) is 1. The third-order valence-electron chi connectivity index (χ3n) is 3.33. The smallest absolute Gasteiger partial charge is 0.246 e. The minimum atomic E-state index is -0.0439. The number of methoxy groups -OCH3 is 1. The van der Waals surface area contributed by atoms with Gasteiger partial charge in [0.25, 0.3) is 0 Å². The summed E-state index contributed by atoms with van der Waals surface area (Å²) < 4.78 is 4.79. The van der Waals surface area contributed by atoms with Crippen LogP contribution in [-0.4, -0.2) is 43.7 Å². The number of nitrogens with one attached hydrogen (secondary N) is 1. The minimum Gasteiger partial charge on any atom is -0.375 e. The van der Waals surface area contributed by atoms with Crippen molar-refractivity contribution in [1.82, 2.24) is 10.2 Å². The molecule has 18 heavy (non-hydrogen) atoms. The van der Waals surface area contributed by atoms with Crippen LogP contribution in [0, 0.1) is 0 Å². The average Bonchev–Trinajstić information content (AvgIpc) is 2.83. The standard InChI is InChI=1S/C13H20N2O2S/c1-10(7-14-13(16)9-17-2)15-5-3-12-11(8-15)4-6-18-12/h4,6,10H,3,5,7-9H2,1-2H3,(H,14,16)/t10-/m1/s1. The number of carbonyl (C=O) groups is 1. The molecule has 4 nitrogen and oxygen atoms in total. The number of amides is 1. The second-order valence-electron chi connectivity index (χ2n) is 4.68. The van der Waals surface area contributed by atoms with Crippen molar-refractivity contribution < 1.29 is 9.53 Å². The van der Waals surface area contributed by atoms with Crippen molar-refractivity contribution in [2.75, 3.05) is 26.8 Å². The second kappa shape index (κ2) is 6.31. The molecule has 0 aromatic carbocycles. The van der Waals surface area contributed by atoms with Gasteiger partial charge in [0.2, 0.25) is 5.91 Å². The van der Waals surface area contributed by atoms with E-state index >= 15 is 0 Å². The summed E-state index contributed by atoms with van der Waals surface area (Å²) in [5.41, 5.74) is 1.45. The van der Waals surface area contributed by atoms with Crippen LogP contribution in [0.15, 0.2) is 11.4 Å². The summed E-state index contributed by atoms with van der Waals surface area (Å²) in [5, 5.41) is 5.06. The fraction of sp³-hybridized carbons (Fsp3) is 0.615. The van der Waals surface area contributed by atoms with Gasteiger partial charge in [-0.05, 0) is 30.4 Å². The van der Waals surface area contributed by atoms with Crippen molar-refractivity contribution in [2.24, 2.45) is 0 Å². The first-order valence-corrected chi connectivity index (χ1v) is 7.13. The van der Waals surface area contributed by atoms with Crippen molar-refractivity contribution in [3.8, 4) is 0 Å². The van der Waals surface area contributed by atoms with E-state index in [2.05, 4.69) is 28.6 Å². The molecule has 1 aliphatic rings. The van der Waals surface area contributed by atoms with Gasteiger partial charge in [0.05, 0.1) is 0 Å². The molecule has 1 amide bonds. The van der Waals surface area contributed by atoms with E-state index in [4.69, 9.17) is 4.74 Å². The van der Waals surface area contributed by atoms with Gasteiger partial charge in [-0.3, -0.25) is 9.69 Å². The molecule has 0 saturated heterocycles. The van der Waals surface area contributed by atoms with E-state index < -0.39 is 0 Å². The molecule has 100 valence electrons. The Morgan fingerprint density at radius 1 is 1.67 bits per heavy atom. The van der Waals surface area contributed by atoms with Gasteiger partial charge in [0.1, 0.15) is 6.61 Å². The van der Waals surface area contributed by atoms with E-state index in [1.807, 2.05) is 11.3 Å². The van der Waals surface area contributed by atoms with Crippen LogP contribution in [0.5, 0.6) is 0 Å². The van der Waals surface area contributed by atoms with Gasteiger partial charge < -0.3 is 10.1 Å². The quantitative estimate of drug-likeness (QED) is 0.874. The lowest BCUT2D eigenvalue weighted by Gasteiger charge is -2.32. The first-order chi connectivity index (χ1) is 8.70. The predicted octanol–water partition coefficient (Wildman–Crippen LogP) is 1.26. The fourth-order valence-electron chi connectivity index (χ4n) is 2.22. The van der Waals surface area contributed by atoms with E-state index in [9.17, 15) is 4.79 Å². The highest BCUT2D eigenvalue weighted by atomic mass is 32.1. The molecule has 0 saturated carbocycles. The molecule has 1 aliphatic heterocycles. The van der Waals surface area contributed by atoms with Crippen molar-refractivity contribution in [3.63, 3.8) is 0 Å². The summed E-state index contributed by atoms with van der Waals surface area (Å²) in [6.07, 6.45) is 1.13. The summed E-state index contributed by atoms with van der Waals surface area (Å²) in [7, 11) is 1.53. The molecular weight excluding hydrogens is 248 g/mol. The molecule has 0 spiro atoms. The zero-order chi connectivity index (χ0) is 13.0. The zero-order valence-corrected chi connectivity index (χ0v) is 11.8. The number of nitrogens with zero attached hydrogens (tertiary/aromatic N) is 1. The van der Waals surface area contributed by atoms with Gasteiger partial charge in [-0.25, -0.2) is 0 Å². The Hall–Kier alpha value is -0.910. The van der Waals surface area contributed by atoms with Crippen LogP contribution in [0.2, 0.25) is 0 Å². The largest absolute Gasteiger partial charge is 0.375 e. The normalized spacial score (nSPS) is 17.2. The number of rotatable bonds is 5. The second-order valence-corrected chi connectivity index (χ2v) is 5.68. The molecule has 2 heterocycles. The molecule has 1 N–H and O–H groups in total. The molecule has 2 rings (SSSR count). The summed E-state index contributed by atoms with van der Waals surface area (Å²) in [6, 6.07) is 2.57. The molecule has 0 bridgehead atoms. The highest BCUT2D eigenvalue weighted by Crippen LogP contribution is 2.24. The number of ether oxygens (including phenoxy) is 1. The minimum absolute atomic E-state index is 0.0439. The highest BCUT2D eigenvalue weighted by Gasteiger charge is 2.21. The topological polar surface area (TPSA) is 41.6 Å². The maximum absolute atomic E-state index is 11.3. The van der Waals surface area contributed by atoms with Gasteiger partial charge in [-0.1, -0.05) is 0 Å². The molecule has 0 fully saturated rings. The summed E-state index contributed by atoms with van der Waals surface area (Å²) in [6.45, 7) is 5.06. The van der Waals surface area contributed by atoms with Gasteiger partial charge in [0.15, 0.2) is 0 Å². The summed E-state index contributed by atoms with van der Waals surface area (Å²) in [5.74, 6) is -0.0439. The Balaban J connectivity index is 1.80. The third-order valence-corrected chi connectivity index (χ3v) is 4.35. The Labute approximate surface area is 112 Å². The lowest BCUT2D eigenvalue weighted by Crippen LogP contribution is -2.44. The van der Waals surface area contributed by atoms with E-state index in [1.54, 1.807) is 0 Å². The van der Waals surface area contributed by atoms with Crippen LogP contribution in [0.25, 0.3) is 0 Å². The zero-order valence-electron chi connectivity index (χ0n) is 10.9. The number of fused-ring (bicyclic) bond motifs is 1. The molecule has 0 radical (unpaired) electrons. The third kappa shape index (κ3) is 3.31. The Morgan fingerprint density at radius 2 is 2.50 bits per heavy atom. The Morgan fingerprint density at radius 3 is 3.28 bits per heavy atom. The molecule has 0 aliphatic carbocycles. The van der Waals surface area contributed by atoms with E-state index in [0.29, 0.717) is 12.6 Å². The van der Waals surface area contributed by atoms with Gasteiger partial charge in [-0.15, -0.1) is 11.3 Å². The predicted molar refractivity (Wildman–Crippen MR) is 72.8 cm³/mol. The fourth-order valence-corrected chi connectivity index (χ4v) is 3.11. The Kier molecular flexibility index (Phi) is 4.74. The van der Waals surface area contributed by atoms with Crippen molar-refractivity contribution in [2.45, 2.75) is 25.9 Å². The summed E-state index contributed by atoms with van der Waals surface area (Å²) in [4.78, 5) is 15.3. The molecule has 1 atom stereocenters. The van der Waals surface area contributed by atoms with Crippen molar-refractivity contribution in [3.05, 3.63) is 21.9 Å². The SMILES string of the molecule is COCC(=O)NC[C@@H](C)N1CCc2sccc2C1. The van der Waals surface area contributed by atoms with Crippen LogP contribution in [0.3, 0.4) is 0 Å². The van der Waals surface area contributed by atoms with E-state index in [1.165, 1.54) is 17.6 Å². The maximum Gasteiger partial charge on any atom is 0.246 e. The average molecular weight is 268 g/mol. The molecule has 1 aromatic heterocycles. The first-order valence-electron chi connectivity index (χ1n) is 6.25. The lowest BCUT2D eigenvalue weighted by atomic mass is 10.1. The highest BCUT2D eigenvalue weighted by molar-refractivity contribution is 7.10. The molecule has 0 unspecified atom stereocenters.